The first-order chi connectivity index (χ1) is 10.3. The second kappa shape index (κ2) is 6.09. The molecular formula is C16H14N4O. The Morgan fingerprint density at radius 1 is 1.05 bits per heavy atom. The van der Waals surface area contributed by atoms with Crippen molar-refractivity contribution in [1.82, 2.24) is 19.9 Å². The van der Waals surface area contributed by atoms with Crippen molar-refractivity contribution in [3.05, 3.63) is 60.7 Å². The maximum absolute atomic E-state index is 5.74. The highest BCUT2D eigenvalue weighted by atomic mass is 16.5. The standard InChI is InChI=1S/C16H14N4O/c1-2-12-10-15(21-13-6-5-8-17-11-13)20-16(19-12)14-7-3-4-9-18-14/h3-11H,2H2,1H3. The van der Waals surface area contributed by atoms with Gasteiger partial charge in [0, 0.05) is 24.2 Å². The molecule has 0 radical (unpaired) electrons. The van der Waals surface area contributed by atoms with Crippen LogP contribution < -0.4 is 4.74 Å². The summed E-state index contributed by atoms with van der Waals surface area (Å²) in [6.07, 6.45) is 5.86. The van der Waals surface area contributed by atoms with Gasteiger partial charge in [0.05, 0.1) is 6.20 Å². The van der Waals surface area contributed by atoms with E-state index in [4.69, 9.17) is 4.74 Å². The molecular weight excluding hydrogens is 264 g/mol. The summed E-state index contributed by atoms with van der Waals surface area (Å²) in [4.78, 5) is 17.2. The number of nitrogens with zero attached hydrogens (tertiary/aromatic N) is 4. The lowest BCUT2D eigenvalue weighted by Gasteiger charge is -2.08. The Kier molecular flexibility index (Phi) is 3.82. The normalized spacial score (nSPS) is 10.3. The Morgan fingerprint density at radius 3 is 2.71 bits per heavy atom. The average Bonchev–Trinajstić information content (AvgIpc) is 2.56. The van der Waals surface area contributed by atoms with Crippen molar-refractivity contribution in [2.75, 3.05) is 0 Å². The molecule has 0 bridgehead atoms. The summed E-state index contributed by atoms with van der Waals surface area (Å²) in [5, 5.41) is 0. The largest absolute Gasteiger partial charge is 0.437 e. The van der Waals surface area contributed by atoms with Crippen LogP contribution in [-0.2, 0) is 6.42 Å². The number of ether oxygens (including phenoxy) is 1. The van der Waals surface area contributed by atoms with E-state index >= 15 is 0 Å². The van der Waals surface area contributed by atoms with Crippen LogP contribution in [0.2, 0.25) is 0 Å². The lowest BCUT2D eigenvalue weighted by Crippen LogP contribution is -1.99. The summed E-state index contributed by atoms with van der Waals surface area (Å²) < 4.78 is 5.74. The molecule has 3 aromatic rings. The van der Waals surface area contributed by atoms with E-state index in [0.717, 1.165) is 17.8 Å². The zero-order valence-electron chi connectivity index (χ0n) is 11.6. The molecule has 21 heavy (non-hydrogen) atoms. The summed E-state index contributed by atoms with van der Waals surface area (Å²) >= 11 is 0. The molecule has 5 nitrogen and oxygen atoms in total. The molecule has 3 heterocycles. The van der Waals surface area contributed by atoms with E-state index in [1.165, 1.54) is 0 Å². The molecule has 0 fully saturated rings. The maximum atomic E-state index is 5.74. The van der Waals surface area contributed by atoms with Gasteiger partial charge in [-0.1, -0.05) is 13.0 Å². The lowest BCUT2D eigenvalue weighted by molar-refractivity contribution is 0.459. The highest BCUT2D eigenvalue weighted by Gasteiger charge is 2.08. The van der Waals surface area contributed by atoms with E-state index in [1.807, 2.05) is 43.3 Å². The zero-order valence-corrected chi connectivity index (χ0v) is 11.6. The summed E-state index contributed by atoms with van der Waals surface area (Å²) in [6, 6.07) is 11.1. The van der Waals surface area contributed by atoms with E-state index in [-0.39, 0.29) is 0 Å². The Hall–Kier alpha value is -2.82. The van der Waals surface area contributed by atoms with Crippen molar-refractivity contribution in [2.45, 2.75) is 13.3 Å². The summed E-state index contributed by atoms with van der Waals surface area (Å²) in [6.45, 7) is 2.04. The second-order valence-electron chi connectivity index (χ2n) is 4.38. The molecule has 0 saturated carbocycles. The molecule has 5 heteroatoms. The van der Waals surface area contributed by atoms with Gasteiger partial charge in [0.1, 0.15) is 11.4 Å². The number of aryl methyl sites for hydroxylation is 1. The Bertz CT molecular complexity index is 717. The quantitative estimate of drug-likeness (QED) is 0.733. The van der Waals surface area contributed by atoms with Gasteiger partial charge >= 0.3 is 0 Å². The minimum Gasteiger partial charge on any atom is -0.437 e. The van der Waals surface area contributed by atoms with Crippen molar-refractivity contribution in [3.8, 4) is 23.1 Å². The monoisotopic (exact) mass is 278 g/mol. The van der Waals surface area contributed by atoms with Crippen LogP contribution in [0.5, 0.6) is 11.6 Å². The predicted molar refractivity (Wildman–Crippen MR) is 79.0 cm³/mol. The molecule has 3 rings (SSSR count). The zero-order chi connectivity index (χ0) is 14.5. The van der Waals surface area contributed by atoms with E-state index in [0.29, 0.717) is 17.5 Å². The Labute approximate surface area is 122 Å². The number of aromatic nitrogens is 4. The van der Waals surface area contributed by atoms with Crippen LogP contribution in [0.15, 0.2) is 55.0 Å². The Balaban J connectivity index is 1.98. The van der Waals surface area contributed by atoms with Crippen LogP contribution in [-0.4, -0.2) is 19.9 Å². The lowest BCUT2D eigenvalue weighted by atomic mass is 10.3. The number of rotatable bonds is 4. The molecule has 0 aliphatic carbocycles. The fourth-order valence-electron chi connectivity index (χ4n) is 1.84. The fraction of sp³-hybridized carbons (Fsp3) is 0.125. The molecule has 3 aromatic heterocycles. The van der Waals surface area contributed by atoms with Crippen LogP contribution in [0.1, 0.15) is 12.6 Å². The molecule has 0 unspecified atom stereocenters. The first-order valence-electron chi connectivity index (χ1n) is 6.72. The third-order valence-electron chi connectivity index (χ3n) is 2.87. The van der Waals surface area contributed by atoms with Crippen LogP contribution in [0, 0.1) is 0 Å². The van der Waals surface area contributed by atoms with Gasteiger partial charge in [-0.3, -0.25) is 9.97 Å². The first-order valence-corrected chi connectivity index (χ1v) is 6.72. The van der Waals surface area contributed by atoms with E-state index in [1.54, 1.807) is 18.6 Å². The minimum absolute atomic E-state index is 0.496. The molecule has 0 spiro atoms. The van der Waals surface area contributed by atoms with Crippen LogP contribution in [0.3, 0.4) is 0 Å². The molecule has 0 aliphatic rings. The second-order valence-corrected chi connectivity index (χ2v) is 4.38. The van der Waals surface area contributed by atoms with Gasteiger partial charge in [-0.2, -0.15) is 4.98 Å². The smallest absolute Gasteiger partial charge is 0.223 e. The molecule has 0 aliphatic heterocycles. The van der Waals surface area contributed by atoms with Crippen molar-refractivity contribution in [2.24, 2.45) is 0 Å². The van der Waals surface area contributed by atoms with Crippen molar-refractivity contribution < 1.29 is 4.74 Å². The molecule has 0 amide bonds. The third kappa shape index (κ3) is 3.20. The van der Waals surface area contributed by atoms with E-state index in [9.17, 15) is 0 Å². The van der Waals surface area contributed by atoms with E-state index in [2.05, 4.69) is 19.9 Å². The molecule has 104 valence electrons. The number of pyridine rings is 2. The highest BCUT2D eigenvalue weighted by Crippen LogP contribution is 2.22. The van der Waals surface area contributed by atoms with Gasteiger partial charge in [-0.25, -0.2) is 4.98 Å². The van der Waals surface area contributed by atoms with E-state index < -0.39 is 0 Å². The van der Waals surface area contributed by atoms with Crippen LogP contribution in [0.4, 0.5) is 0 Å². The molecule has 0 atom stereocenters. The maximum Gasteiger partial charge on any atom is 0.223 e. The van der Waals surface area contributed by atoms with Gasteiger partial charge in [0.25, 0.3) is 0 Å². The summed E-state index contributed by atoms with van der Waals surface area (Å²) in [7, 11) is 0. The van der Waals surface area contributed by atoms with Gasteiger partial charge < -0.3 is 4.74 Å². The van der Waals surface area contributed by atoms with Gasteiger partial charge in [-0.05, 0) is 30.7 Å². The first kappa shape index (κ1) is 13.2. The summed E-state index contributed by atoms with van der Waals surface area (Å²) in [5.41, 5.74) is 1.63. The van der Waals surface area contributed by atoms with Gasteiger partial charge in [0.2, 0.25) is 5.88 Å². The number of hydrogen-bond acceptors (Lipinski definition) is 5. The topological polar surface area (TPSA) is 60.8 Å². The molecule has 0 aromatic carbocycles. The average molecular weight is 278 g/mol. The number of hydrogen-bond donors (Lipinski definition) is 0. The molecule has 0 N–H and O–H groups in total. The Morgan fingerprint density at radius 2 is 2.00 bits per heavy atom. The SMILES string of the molecule is CCc1cc(Oc2cccnc2)nc(-c2ccccn2)n1. The van der Waals surface area contributed by atoms with Crippen molar-refractivity contribution in [1.29, 1.82) is 0 Å². The predicted octanol–water partition coefficient (Wildman–Crippen LogP) is 3.29. The highest BCUT2D eigenvalue weighted by molar-refractivity contribution is 5.49. The fourth-order valence-corrected chi connectivity index (χ4v) is 1.84. The van der Waals surface area contributed by atoms with Crippen molar-refractivity contribution >= 4 is 0 Å². The van der Waals surface area contributed by atoms with Gasteiger partial charge in [-0.15, -0.1) is 0 Å². The summed E-state index contributed by atoms with van der Waals surface area (Å²) in [5.74, 6) is 1.70. The van der Waals surface area contributed by atoms with Crippen LogP contribution in [0.25, 0.3) is 11.5 Å². The third-order valence-corrected chi connectivity index (χ3v) is 2.87. The van der Waals surface area contributed by atoms with Gasteiger partial charge in [0.15, 0.2) is 5.82 Å². The minimum atomic E-state index is 0.496. The molecule has 0 saturated heterocycles. The van der Waals surface area contributed by atoms with Crippen LogP contribution >= 0.6 is 0 Å². The van der Waals surface area contributed by atoms with Crippen molar-refractivity contribution in [3.63, 3.8) is 0 Å².